The molecule has 6 heteroatoms. The van der Waals surface area contributed by atoms with Crippen molar-refractivity contribution < 1.29 is 9.53 Å². The second kappa shape index (κ2) is 9.61. The van der Waals surface area contributed by atoms with E-state index in [1.165, 1.54) is 17.3 Å². The molecular weight excluding hydrogens is 442 g/mol. The van der Waals surface area contributed by atoms with Crippen molar-refractivity contribution in [2.45, 2.75) is 20.4 Å². The highest BCUT2D eigenvalue weighted by atomic mass is 32.2. The highest BCUT2D eigenvalue weighted by Gasteiger charge is 2.24. The van der Waals surface area contributed by atoms with Crippen LogP contribution in [0.2, 0.25) is 0 Å². The van der Waals surface area contributed by atoms with Crippen molar-refractivity contribution in [2.24, 2.45) is 4.99 Å². The molecule has 1 fully saturated rings. The predicted molar refractivity (Wildman–Crippen MR) is 141 cm³/mol. The lowest BCUT2D eigenvalue weighted by atomic mass is 10.1. The van der Waals surface area contributed by atoms with Crippen molar-refractivity contribution in [1.82, 2.24) is 9.88 Å². The first-order chi connectivity index (χ1) is 16.6. The van der Waals surface area contributed by atoms with Crippen LogP contribution in [0.3, 0.4) is 0 Å². The number of carbonyl (C=O) groups excluding carboxylic acids is 1. The van der Waals surface area contributed by atoms with Crippen LogP contribution in [-0.4, -0.2) is 22.2 Å². The Morgan fingerprint density at radius 2 is 1.82 bits per heavy atom. The number of amidine groups is 1. The SMILES string of the molecule is Cc1ccc(N=C2NC(=O)/C(=C\c3cn(CCOc4ccccc4)c4ccccc34)S2)c(C)c1. The number of benzene rings is 3. The first kappa shape index (κ1) is 22.0. The van der Waals surface area contributed by atoms with E-state index in [-0.39, 0.29) is 5.91 Å². The smallest absolute Gasteiger partial charge is 0.264 e. The number of fused-ring (bicyclic) bond motifs is 1. The Morgan fingerprint density at radius 1 is 1.03 bits per heavy atom. The molecule has 3 aromatic carbocycles. The van der Waals surface area contributed by atoms with Gasteiger partial charge in [0.1, 0.15) is 12.4 Å². The number of hydrogen-bond donors (Lipinski definition) is 1. The third-order valence-electron chi connectivity index (χ3n) is 5.68. The zero-order valence-corrected chi connectivity index (χ0v) is 19.9. The molecular formula is C28H25N3O2S. The van der Waals surface area contributed by atoms with Gasteiger partial charge in [-0.05, 0) is 61.5 Å². The number of aryl methyl sites for hydroxylation is 2. The van der Waals surface area contributed by atoms with Crippen LogP contribution in [0.5, 0.6) is 5.75 Å². The van der Waals surface area contributed by atoms with Crippen molar-refractivity contribution >= 4 is 45.5 Å². The Hall–Kier alpha value is -3.77. The molecule has 1 N–H and O–H groups in total. The number of amides is 1. The second-order valence-electron chi connectivity index (χ2n) is 8.23. The Labute approximate surface area is 203 Å². The Bertz CT molecular complexity index is 1420. The van der Waals surface area contributed by atoms with E-state index < -0.39 is 0 Å². The van der Waals surface area contributed by atoms with Crippen molar-refractivity contribution in [3.63, 3.8) is 0 Å². The highest BCUT2D eigenvalue weighted by Crippen LogP contribution is 2.31. The maximum atomic E-state index is 12.7. The fourth-order valence-corrected chi connectivity index (χ4v) is 4.84. The lowest BCUT2D eigenvalue weighted by Gasteiger charge is -2.08. The molecule has 1 saturated heterocycles. The average Bonchev–Trinajstić information content (AvgIpc) is 3.36. The number of ether oxygens (including phenoxy) is 1. The first-order valence-electron chi connectivity index (χ1n) is 11.2. The van der Waals surface area contributed by atoms with Gasteiger partial charge in [-0.25, -0.2) is 4.99 Å². The summed E-state index contributed by atoms with van der Waals surface area (Å²) in [5, 5.41) is 4.60. The lowest BCUT2D eigenvalue weighted by molar-refractivity contribution is -0.115. The van der Waals surface area contributed by atoms with Crippen LogP contribution in [-0.2, 0) is 11.3 Å². The van der Waals surface area contributed by atoms with E-state index in [4.69, 9.17) is 4.74 Å². The normalized spacial score (nSPS) is 15.9. The summed E-state index contributed by atoms with van der Waals surface area (Å²) < 4.78 is 8.06. The molecule has 0 spiro atoms. The van der Waals surface area contributed by atoms with Crippen LogP contribution in [0.1, 0.15) is 16.7 Å². The molecule has 1 aliphatic rings. The molecule has 5 nitrogen and oxygen atoms in total. The van der Waals surface area contributed by atoms with Crippen LogP contribution >= 0.6 is 11.8 Å². The summed E-state index contributed by atoms with van der Waals surface area (Å²) in [6.45, 7) is 5.35. The van der Waals surface area contributed by atoms with Crippen molar-refractivity contribution in [2.75, 3.05) is 6.61 Å². The number of hydrogen-bond acceptors (Lipinski definition) is 4. The van der Waals surface area contributed by atoms with Crippen LogP contribution in [0, 0.1) is 13.8 Å². The summed E-state index contributed by atoms with van der Waals surface area (Å²) in [5.41, 5.74) is 5.25. The van der Waals surface area contributed by atoms with Gasteiger partial charge in [0.25, 0.3) is 5.91 Å². The van der Waals surface area contributed by atoms with Gasteiger partial charge in [-0.3, -0.25) is 4.79 Å². The van der Waals surface area contributed by atoms with E-state index in [2.05, 4.69) is 46.2 Å². The second-order valence-corrected chi connectivity index (χ2v) is 9.26. The molecule has 170 valence electrons. The number of thioether (sulfide) groups is 1. The van der Waals surface area contributed by atoms with E-state index in [9.17, 15) is 4.79 Å². The van der Waals surface area contributed by atoms with E-state index in [0.717, 1.165) is 33.5 Å². The predicted octanol–water partition coefficient (Wildman–Crippen LogP) is 6.23. The number of carbonyl (C=O) groups is 1. The van der Waals surface area contributed by atoms with Crippen LogP contribution < -0.4 is 10.1 Å². The molecule has 4 aromatic rings. The minimum atomic E-state index is -0.127. The first-order valence-corrected chi connectivity index (χ1v) is 12.0. The van der Waals surface area contributed by atoms with Gasteiger partial charge < -0.3 is 14.6 Å². The molecule has 0 aliphatic carbocycles. The van der Waals surface area contributed by atoms with Gasteiger partial charge in [0.2, 0.25) is 0 Å². The summed E-state index contributed by atoms with van der Waals surface area (Å²) in [4.78, 5) is 18.0. The van der Waals surface area contributed by atoms with Crippen molar-refractivity contribution in [3.8, 4) is 5.75 Å². The summed E-state index contributed by atoms with van der Waals surface area (Å²) in [5.74, 6) is 0.730. The van der Waals surface area contributed by atoms with Crippen LogP contribution in [0.25, 0.3) is 17.0 Å². The molecule has 1 amide bonds. The van der Waals surface area contributed by atoms with Crippen LogP contribution in [0.4, 0.5) is 5.69 Å². The monoisotopic (exact) mass is 467 g/mol. The molecule has 34 heavy (non-hydrogen) atoms. The van der Waals surface area contributed by atoms with Crippen molar-refractivity contribution in [3.05, 3.63) is 101 Å². The standard InChI is InChI=1S/C28H25N3O2S/c1-19-12-13-24(20(2)16-19)29-28-30-27(32)26(34-28)17-21-18-31(25-11-7-6-10-23(21)25)14-15-33-22-8-4-3-5-9-22/h3-13,16-18H,14-15H2,1-2H3,(H,29,30,32)/b26-17+. The molecule has 1 aliphatic heterocycles. The number of nitrogens with one attached hydrogen (secondary N) is 1. The molecule has 0 saturated carbocycles. The molecule has 1 aromatic heterocycles. The van der Waals surface area contributed by atoms with Gasteiger partial charge in [0.05, 0.1) is 17.1 Å². The summed E-state index contributed by atoms with van der Waals surface area (Å²) in [6.07, 6.45) is 4.03. The van der Waals surface area contributed by atoms with Gasteiger partial charge in [-0.15, -0.1) is 0 Å². The Morgan fingerprint density at radius 3 is 2.65 bits per heavy atom. The van der Waals surface area contributed by atoms with Gasteiger partial charge in [0, 0.05) is 22.7 Å². The van der Waals surface area contributed by atoms with Gasteiger partial charge in [-0.2, -0.15) is 0 Å². The Kier molecular flexibility index (Phi) is 6.23. The van der Waals surface area contributed by atoms with E-state index in [0.29, 0.717) is 23.2 Å². The molecule has 0 radical (unpaired) electrons. The number of rotatable bonds is 6. The highest BCUT2D eigenvalue weighted by molar-refractivity contribution is 8.18. The van der Waals surface area contributed by atoms with Gasteiger partial charge >= 0.3 is 0 Å². The minimum absolute atomic E-state index is 0.127. The lowest BCUT2D eigenvalue weighted by Crippen LogP contribution is -2.19. The van der Waals surface area contributed by atoms with E-state index in [1.807, 2.05) is 67.6 Å². The molecule has 0 unspecified atom stereocenters. The molecule has 5 rings (SSSR count). The largest absolute Gasteiger partial charge is 0.492 e. The molecule has 0 atom stereocenters. The third-order valence-corrected chi connectivity index (χ3v) is 6.59. The number of aliphatic imine (C=N–C) groups is 1. The summed E-state index contributed by atoms with van der Waals surface area (Å²) in [6, 6.07) is 24.1. The zero-order valence-electron chi connectivity index (χ0n) is 19.1. The fraction of sp³-hybridized carbons (Fsp3) is 0.143. The minimum Gasteiger partial charge on any atom is -0.492 e. The number of aromatic nitrogens is 1. The zero-order chi connectivity index (χ0) is 23.5. The average molecular weight is 468 g/mol. The van der Waals surface area contributed by atoms with E-state index >= 15 is 0 Å². The molecule has 2 heterocycles. The van der Waals surface area contributed by atoms with Crippen LogP contribution in [0.15, 0.2) is 88.9 Å². The quantitative estimate of drug-likeness (QED) is 0.342. The summed E-state index contributed by atoms with van der Waals surface area (Å²) >= 11 is 1.37. The maximum absolute atomic E-state index is 12.7. The maximum Gasteiger partial charge on any atom is 0.264 e. The number of para-hydroxylation sites is 2. The molecule has 0 bridgehead atoms. The summed E-state index contributed by atoms with van der Waals surface area (Å²) in [7, 11) is 0. The van der Waals surface area contributed by atoms with Crippen molar-refractivity contribution in [1.29, 1.82) is 0 Å². The van der Waals surface area contributed by atoms with Gasteiger partial charge in [-0.1, -0.05) is 54.1 Å². The van der Waals surface area contributed by atoms with E-state index in [1.54, 1.807) is 0 Å². The van der Waals surface area contributed by atoms with Gasteiger partial charge in [0.15, 0.2) is 5.17 Å². The topological polar surface area (TPSA) is 55.6 Å². The Balaban J connectivity index is 1.38. The fourth-order valence-electron chi connectivity index (χ4n) is 4.02. The third kappa shape index (κ3) is 4.77. The number of nitrogens with zero attached hydrogens (tertiary/aromatic N) is 2.